The number of piperidine rings is 1. The largest absolute Gasteiger partial charge is 0.300 e. The molecule has 1 atom stereocenters. The van der Waals surface area contributed by atoms with E-state index in [0.717, 1.165) is 38.3 Å². The van der Waals surface area contributed by atoms with Crippen LogP contribution in [-0.4, -0.2) is 38.0 Å². The van der Waals surface area contributed by atoms with Crippen LogP contribution in [0.2, 0.25) is 0 Å². The third kappa shape index (κ3) is 3.86. The molecule has 0 aliphatic carbocycles. The third-order valence-corrected chi connectivity index (χ3v) is 3.75. The molecule has 1 aliphatic rings. The second-order valence-electron chi connectivity index (χ2n) is 5.43. The number of carbonyl (C=O) groups is 1. The van der Waals surface area contributed by atoms with Gasteiger partial charge in [0.2, 0.25) is 0 Å². The summed E-state index contributed by atoms with van der Waals surface area (Å²) < 4.78 is 1.99. The number of aromatic nitrogens is 3. The third-order valence-electron chi connectivity index (χ3n) is 3.75. The van der Waals surface area contributed by atoms with Gasteiger partial charge in [0.15, 0.2) is 0 Å². The molecular weight excluding hydrogens is 240 g/mol. The second kappa shape index (κ2) is 6.80. The average Bonchev–Trinajstić information content (AvgIpc) is 2.79. The lowest BCUT2D eigenvalue weighted by Crippen LogP contribution is -2.40. The van der Waals surface area contributed by atoms with E-state index in [4.69, 9.17) is 0 Å². The minimum absolute atomic E-state index is 0.284. The average molecular weight is 264 g/mol. The second-order valence-corrected chi connectivity index (χ2v) is 5.43. The molecule has 1 unspecified atom stereocenters. The summed E-state index contributed by atoms with van der Waals surface area (Å²) in [7, 11) is 0. The van der Waals surface area contributed by atoms with E-state index in [-0.39, 0.29) is 5.78 Å². The molecule has 1 fully saturated rings. The Morgan fingerprint density at radius 3 is 3.05 bits per heavy atom. The summed E-state index contributed by atoms with van der Waals surface area (Å²) in [6, 6.07) is 0.387. The van der Waals surface area contributed by atoms with Crippen molar-refractivity contribution in [3.8, 4) is 0 Å². The van der Waals surface area contributed by atoms with E-state index in [1.54, 1.807) is 13.3 Å². The lowest BCUT2D eigenvalue weighted by molar-refractivity contribution is -0.118. The molecule has 0 spiro atoms. The minimum atomic E-state index is 0.284. The summed E-state index contributed by atoms with van der Waals surface area (Å²) in [6.07, 6.45) is 6.94. The Morgan fingerprint density at radius 1 is 1.47 bits per heavy atom. The van der Waals surface area contributed by atoms with Crippen LogP contribution in [-0.2, 0) is 17.9 Å². The molecular formula is C14H24N4O. The maximum atomic E-state index is 11.4. The van der Waals surface area contributed by atoms with E-state index >= 15 is 0 Å². The van der Waals surface area contributed by atoms with Crippen LogP contribution in [0.3, 0.4) is 0 Å². The molecule has 0 amide bonds. The fourth-order valence-electron chi connectivity index (χ4n) is 2.82. The maximum absolute atomic E-state index is 11.4. The van der Waals surface area contributed by atoms with Crippen LogP contribution in [0.4, 0.5) is 0 Å². The first-order chi connectivity index (χ1) is 9.20. The summed E-state index contributed by atoms with van der Waals surface area (Å²) >= 11 is 0. The van der Waals surface area contributed by atoms with Gasteiger partial charge in [-0.1, -0.05) is 13.3 Å². The van der Waals surface area contributed by atoms with Crippen LogP contribution in [0.25, 0.3) is 0 Å². The van der Waals surface area contributed by atoms with Crippen molar-refractivity contribution in [2.45, 2.75) is 65.1 Å². The van der Waals surface area contributed by atoms with E-state index in [1.807, 2.05) is 4.68 Å². The Morgan fingerprint density at radius 2 is 2.32 bits per heavy atom. The quantitative estimate of drug-likeness (QED) is 0.789. The van der Waals surface area contributed by atoms with Crippen molar-refractivity contribution in [1.29, 1.82) is 0 Å². The van der Waals surface area contributed by atoms with Crippen molar-refractivity contribution in [2.24, 2.45) is 0 Å². The molecule has 106 valence electrons. The number of rotatable bonds is 6. The van der Waals surface area contributed by atoms with Crippen molar-refractivity contribution in [2.75, 3.05) is 6.54 Å². The van der Waals surface area contributed by atoms with E-state index in [1.165, 1.54) is 12.8 Å². The molecule has 1 aliphatic heterocycles. The molecule has 0 radical (unpaired) electrons. The molecule has 5 nitrogen and oxygen atoms in total. The fraction of sp³-hybridized carbons (Fsp3) is 0.786. The zero-order valence-corrected chi connectivity index (χ0v) is 12.0. The van der Waals surface area contributed by atoms with Crippen LogP contribution >= 0.6 is 0 Å². The van der Waals surface area contributed by atoms with Crippen LogP contribution in [0.15, 0.2) is 6.33 Å². The number of ketones is 1. The molecule has 2 heterocycles. The Labute approximate surface area is 115 Å². The molecule has 1 aromatic rings. The predicted octanol–water partition coefficient (Wildman–Crippen LogP) is 2.02. The van der Waals surface area contributed by atoms with Gasteiger partial charge in [-0.05, 0) is 32.7 Å². The first-order valence-corrected chi connectivity index (χ1v) is 7.31. The number of likely N-dealkylation sites (tertiary alicyclic amines) is 1. The van der Waals surface area contributed by atoms with Gasteiger partial charge in [0.05, 0.1) is 6.54 Å². The molecule has 1 aromatic heterocycles. The Balaban J connectivity index is 2.02. The Hall–Kier alpha value is -1.23. The number of hydrogen-bond donors (Lipinski definition) is 0. The number of carbonyl (C=O) groups excluding carboxylic acids is 1. The molecule has 0 saturated carbocycles. The minimum Gasteiger partial charge on any atom is -0.300 e. The summed E-state index contributed by atoms with van der Waals surface area (Å²) in [4.78, 5) is 18.1. The number of aryl methyl sites for hydroxylation is 1. The highest BCUT2D eigenvalue weighted by molar-refractivity contribution is 5.76. The van der Waals surface area contributed by atoms with E-state index in [9.17, 15) is 4.79 Å². The lowest BCUT2D eigenvalue weighted by atomic mass is 9.98. The summed E-state index contributed by atoms with van der Waals surface area (Å²) in [5, 5.41) is 4.27. The molecule has 0 aromatic carbocycles. The van der Waals surface area contributed by atoms with E-state index < -0.39 is 0 Å². The molecule has 19 heavy (non-hydrogen) atoms. The smallest absolute Gasteiger partial charge is 0.141 e. The van der Waals surface area contributed by atoms with Gasteiger partial charge in [-0.25, -0.2) is 9.67 Å². The van der Waals surface area contributed by atoms with E-state index in [2.05, 4.69) is 21.9 Å². The van der Waals surface area contributed by atoms with Crippen molar-refractivity contribution in [3.63, 3.8) is 0 Å². The highest BCUT2D eigenvalue weighted by Crippen LogP contribution is 2.21. The highest BCUT2D eigenvalue weighted by atomic mass is 16.1. The number of Topliss-reactive ketones (excluding diaryl/α,β-unsaturated/α-hetero) is 1. The van der Waals surface area contributed by atoms with Crippen LogP contribution < -0.4 is 0 Å². The van der Waals surface area contributed by atoms with Crippen molar-refractivity contribution >= 4 is 5.78 Å². The van der Waals surface area contributed by atoms with Crippen molar-refractivity contribution in [3.05, 3.63) is 12.2 Å². The lowest BCUT2D eigenvalue weighted by Gasteiger charge is -2.34. The maximum Gasteiger partial charge on any atom is 0.141 e. The monoisotopic (exact) mass is 264 g/mol. The number of hydrogen-bond acceptors (Lipinski definition) is 4. The molecule has 0 N–H and O–H groups in total. The van der Waals surface area contributed by atoms with E-state index in [0.29, 0.717) is 12.5 Å². The summed E-state index contributed by atoms with van der Waals surface area (Å²) in [5.41, 5.74) is 0. The zero-order valence-electron chi connectivity index (χ0n) is 12.0. The number of nitrogens with zero attached hydrogens (tertiary/aromatic N) is 4. The van der Waals surface area contributed by atoms with Crippen LogP contribution in [0.1, 0.15) is 51.8 Å². The van der Waals surface area contributed by atoms with Gasteiger partial charge in [-0.15, -0.1) is 0 Å². The topological polar surface area (TPSA) is 51.0 Å². The molecule has 5 heteroatoms. The van der Waals surface area contributed by atoms with Gasteiger partial charge in [-0.3, -0.25) is 9.69 Å². The summed E-state index contributed by atoms with van der Waals surface area (Å²) in [5.74, 6) is 1.31. The van der Waals surface area contributed by atoms with Gasteiger partial charge in [0, 0.05) is 19.0 Å². The van der Waals surface area contributed by atoms with Gasteiger partial charge in [0.25, 0.3) is 0 Å². The molecule has 2 rings (SSSR count). The summed E-state index contributed by atoms with van der Waals surface area (Å²) in [6.45, 7) is 6.63. The van der Waals surface area contributed by atoms with Crippen molar-refractivity contribution < 1.29 is 4.79 Å². The fourth-order valence-corrected chi connectivity index (χ4v) is 2.82. The highest BCUT2D eigenvalue weighted by Gasteiger charge is 2.24. The van der Waals surface area contributed by atoms with Gasteiger partial charge >= 0.3 is 0 Å². The van der Waals surface area contributed by atoms with Gasteiger partial charge in [-0.2, -0.15) is 5.10 Å². The first-order valence-electron chi connectivity index (χ1n) is 7.31. The Bertz CT molecular complexity index is 415. The zero-order chi connectivity index (χ0) is 13.7. The molecule has 1 saturated heterocycles. The SMILES string of the molecule is CCCn1ncnc1CN1CCCCC1CC(C)=O. The Kier molecular flexibility index (Phi) is 5.07. The predicted molar refractivity (Wildman–Crippen MR) is 73.7 cm³/mol. The van der Waals surface area contributed by atoms with Crippen LogP contribution in [0, 0.1) is 0 Å². The van der Waals surface area contributed by atoms with Gasteiger partial charge < -0.3 is 0 Å². The van der Waals surface area contributed by atoms with Gasteiger partial charge in [0.1, 0.15) is 17.9 Å². The van der Waals surface area contributed by atoms with Crippen molar-refractivity contribution in [1.82, 2.24) is 19.7 Å². The first kappa shape index (κ1) is 14.2. The normalized spacial score (nSPS) is 20.6. The standard InChI is InChI=1S/C14H24N4O/c1-3-7-18-14(15-11-16-18)10-17-8-5-4-6-13(17)9-12(2)19/h11,13H,3-10H2,1-2H3. The molecule has 0 bridgehead atoms. The van der Waals surface area contributed by atoms with Crippen LogP contribution in [0.5, 0.6) is 0 Å².